The van der Waals surface area contributed by atoms with Gasteiger partial charge < -0.3 is 9.30 Å². The summed E-state index contributed by atoms with van der Waals surface area (Å²) >= 11 is 6.00. The Kier molecular flexibility index (Phi) is 6.64. The van der Waals surface area contributed by atoms with Gasteiger partial charge in [0.1, 0.15) is 29.5 Å². The topological polar surface area (TPSA) is 27.1 Å². The molecule has 0 unspecified atom stereocenters. The average molecular weight is 449 g/mol. The molecule has 4 aromatic rings. The summed E-state index contributed by atoms with van der Waals surface area (Å²) < 4.78 is 35.1. The van der Waals surface area contributed by atoms with E-state index < -0.39 is 11.6 Å². The van der Waals surface area contributed by atoms with Crippen molar-refractivity contribution in [2.24, 2.45) is 0 Å². The third kappa shape index (κ3) is 4.42. The van der Waals surface area contributed by atoms with E-state index in [9.17, 15) is 8.78 Å². The van der Waals surface area contributed by atoms with Crippen LogP contribution in [0.3, 0.4) is 0 Å². The van der Waals surface area contributed by atoms with Crippen LogP contribution < -0.4 is 4.74 Å². The zero-order chi connectivity index (χ0) is 20.5. The number of nitrogens with zero attached hydrogens (tertiary/aromatic N) is 2. The first-order chi connectivity index (χ1) is 13.9. The van der Waals surface area contributed by atoms with E-state index in [-0.39, 0.29) is 19.0 Å². The molecule has 3 nitrogen and oxygen atoms in total. The Bertz CT molecular complexity index is 1170. The third-order valence-electron chi connectivity index (χ3n) is 5.03. The van der Waals surface area contributed by atoms with E-state index in [1.165, 1.54) is 12.1 Å². The zero-order valence-electron chi connectivity index (χ0n) is 16.5. The molecule has 30 heavy (non-hydrogen) atoms. The molecular formula is C23H20Cl2F2N2O. The van der Waals surface area contributed by atoms with Crippen LogP contribution in [-0.2, 0) is 13.2 Å². The molecule has 2 aromatic carbocycles. The molecule has 0 saturated heterocycles. The van der Waals surface area contributed by atoms with E-state index in [4.69, 9.17) is 16.3 Å². The fourth-order valence-corrected chi connectivity index (χ4v) is 3.58. The summed E-state index contributed by atoms with van der Waals surface area (Å²) in [5.41, 5.74) is 5.37. The molecule has 0 saturated carbocycles. The maximum absolute atomic E-state index is 13.5. The summed E-state index contributed by atoms with van der Waals surface area (Å²) in [6, 6.07) is 12.8. The summed E-state index contributed by atoms with van der Waals surface area (Å²) in [6.07, 6.45) is 1.68. The average Bonchev–Trinajstić information content (AvgIpc) is 2.93. The lowest BCUT2D eigenvalue weighted by Crippen LogP contribution is -2.04. The Hall–Kier alpha value is -2.63. The molecule has 0 amide bonds. The highest BCUT2D eigenvalue weighted by atomic mass is 35.5. The molecule has 2 aromatic heterocycles. The third-order valence-corrected chi connectivity index (χ3v) is 5.28. The molecule has 0 aliphatic heterocycles. The molecule has 0 aliphatic carbocycles. The van der Waals surface area contributed by atoms with Gasteiger partial charge in [0.05, 0.1) is 5.52 Å². The largest absolute Gasteiger partial charge is 0.487 e. The van der Waals surface area contributed by atoms with Crippen molar-refractivity contribution in [1.82, 2.24) is 9.55 Å². The number of pyridine rings is 1. The smallest absolute Gasteiger partial charge is 0.147 e. The molecule has 0 fully saturated rings. The summed E-state index contributed by atoms with van der Waals surface area (Å²) in [7, 11) is 0. The normalized spacial score (nSPS) is 10.8. The molecule has 0 N–H and O–H groups in total. The summed E-state index contributed by atoms with van der Waals surface area (Å²) in [6.45, 7) is 4.75. The van der Waals surface area contributed by atoms with E-state index in [2.05, 4.69) is 9.55 Å². The molecule has 0 atom stereocenters. The van der Waals surface area contributed by atoms with Gasteiger partial charge in [-0.05, 0) is 54.8 Å². The van der Waals surface area contributed by atoms with Crippen molar-refractivity contribution in [2.75, 3.05) is 0 Å². The number of halogens is 4. The molecule has 0 bridgehead atoms. The highest BCUT2D eigenvalue weighted by molar-refractivity contribution is 6.30. The fourth-order valence-electron chi connectivity index (χ4n) is 3.45. The van der Waals surface area contributed by atoms with Crippen LogP contribution in [0.2, 0.25) is 5.02 Å². The van der Waals surface area contributed by atoms with Crippen LogP contribution in [-0.4, -0.2) is 9.55 Å². The first-order valence-electron chi connectivity index (χ1n) is 9.19. The van der Waals surface area contributed by atoms with Gasteiger partial charge in [-0.25, -0.2) is 8.78 Å². The van der Waals surface area contributed by atoms with Crippen molar-refractivity contribution in [1.29, 1.82) is 0 Å². The van der Waals surface area contributed by atoms with Gasteiger partial charge in [0.25, 0.3) is 0 Å². The van der Waals surface area contributed by atoms with Gasteiger partial charge >= 0.3 is 0 Å². The van der Waals surface area contributed by atoms with Crippen molar-refractivity contribution < 1.29 is 13.5 Å². The quantitative estimate of drug-likeness (QED) is 0.342. The maximum Gasteiger partial charge on any atom is 0.147 e. The summed E-state index contributed by atoms with van der Waals surface area (Å²) in [5, 5.41) is 0.687. The first kappa shape index (κ1) is 22.1. The number of fused-ring (bicyclic) bond motifs is 1. The van der Waals surface area contributed by atoms with Crippen LogP contribution in [0.15, 0.2) is 54.7 Å². The number of hydrogen-bond donors (Lipinski definition) is 0. The zero-order valence-corrected chi connectivity index (χ0v) is 18.0. The summed E-state index contributed by atoms with van der Waals surface area (Å²) in [4.78, 5) is 4.52. The van der Waals surface area contributed by atoms with Crippen LogP contribution in [0.4, 0.5) is 8.78 Å². The van der Waals surface area contributed by atoms with Gasteiger partial charge in [0.2, 0.25) is 0 Å². The van der Waals surface area contributed by atoms with E-state index in [0.717, 1.165) is 33.9 Å². The Morgan fingerprint density at radius 3 is 2.30 bits per heavy atom. The minimum atomic E-state index is -0.624. The lowest BCUT2D eigenvalue weighted by atomic mass is 10.2. The highest BCUT2D eigenvalue weighted by Crippen LogP contribution is 2.32. The van der Waals surface area contributed by atoms with Gasteiger partial charge in [-0.1, -0.05) is 23.7 Å². The predicted octanol–water partition coefficient (Wildman–Crippen LogP) is 6.63. The lowest BCUT2D eigenvalue weighted by molar-refractivity contribution is 0.307. The van der Waals surface area contributed by atoms with Crippen LogP contribution in [0.1, 0.15) is 22.4 Å². The van der Waals surface area contributed by atoms with Gasteiger partial charge in [-0.15, -0.1) is 12.4 Å². The number of aromatic nitrogens is 2. The fraction of sp³-hybridized carbons (Fsp3) is 0.174. The van der Waals surface area contributed by atoms with Crippen molar-refractivity contribution >= 4 is 35.0 Å². The van der Waals surface area contributed by atoms with Gasteiger partial charge in [-0.3, -0.25) is 4.98 Å². The van der Waals surface area contributed by atoms with Crippen LogP contribution in [0.5, 0.6) is 5.75 Å². The van der Waals surface area contributed by atoms with Crippen LogP contribution in [0, 0.1) is 25.5 Å². The van der Waals surface area contributed by atoms with E-state index in [1.807, 2.05) is 38.1 Å². The molecular weight excluding hydrogens is 429 g/mol. The molecule has 0 aliphatic rings. The molecule has 0 spiro atoms. The van der Waals surface area contributed by atoms with Gasteiger partial charge in [0, 0.05) is 35.6 Å². The van der Waals surface area contributed by atoms with E-state index >= 15 is 0 Å². The second-order valence-corrected chi connectivity index (χ2v) is 7.43. The monoisotopic (exact) mass is 448 g/mol. The summed E-state index contributed by atoms with van der Waals surface area (Å²) in [5.74, 6) is -0.632. The van der Waals surface area contributed by atoms with Crippen LogP contribution >= 0.6 is 24.0 Å². The Labute approximate surface area is 184 Å². The van der Waals surface area contributed by atoms with Crippen molar-refractivity contribution in [2.45, 2.75) is 27.0 Å². The highest BCUT2D eigenvalue weighted by Gasteiger charge is 2.17. The van der Waals surface area contributed by atoms with Crippen LogP contribution in [0.25, 0.3) is 11.0 Å². The molecule has 2 heterocycles. The number of ether oxygens (including phenoxy) is 1. The van der Waals surface area contributed by atoms with Crippen molar-refractivity contribution in [3.8, 4) is 5.75 Å². The number of rotatable bonds is 5. The number of benzene rings is 2. The van der Waals surface area contributed by atoms with Gasteiger partial charge in [0.15, 0.2) is 0 Å². The molecule has 7 heteroatoms. The lowest BCUT2D eigenvalue weighted by Gasteiger charge is -2.13. The minimum Gasteiger partial charge on any atom is -0.487 e. The number of hydrogen-bond acceptors (Lipinski definition) is 2. The SMILES string of the molecule is Cc1c(C)n(Cc2ccc(Cl)cc2)c2c(OCc3cc(F)cc(F)c3)ccnc12.Cl. The number of aryl methyl sites for hydroxylation is 1. The van der Waals surface area contributed by atoms with Crippen molar-refractivity contribution in [3.63, 3.8) is 0 Å². The predicted molar refractivity (Wildman–Crippen MR) is 118 cm³/mol. The van der Waals surface area contributed by atoms with Crippen molar-refractivity contribution in [3.05, 3.63) is 93.8 Å². The Morgan fingerprint density at radius 2 is 1.63 bits per heavy atom. The first-order valence-corrected chi connectivity index (χ1v) is 9.57. The Balaban J connectivity index is 0.00000256. The maximum atomic E-state index is 13.5. The second kappa shape index (κ2) is 9.02. The molecule has 0 radical (unpaired) electrons. The molecule has 4 rings (SSSR count). The van der Waals surface area contributed by atoms with E-state index in [0.29, 0.717) is 22.9 Å². The minimum absolute atomic E-state index is 0. The van der Waals surface area contributed by atoms with Gasteiger partial charge in [-0.2, -0.15) is 0 Å². The molecule has 156 valence electrons. The second-order valence-electron chi connectivity index (χ2n) is 7.00. The standard InChI is InChI=1S/C23H19ClF2N2O.ClH/c1-14-15(2)28(12-16-3-5-18(24)6-4-16)23-21(7-8-27-22(14)23)29-13-17-9-19(25)11-20(26)10-17;/h3-11H,12-13H2,1-2H3;1H. The van der Waals surface area contributed by atoms with E-state index in [1.54, 1.807) is 12.3 Å². The Morgan fingerprint density at radius 1 is 0.967 bits per heavy atom.